The minimum atomic E-state index is -0.493. The minimum absolute atomic E-state index is 0.0159. The van der Waals surface area contributed by atoms with E-state index >= 15 is 0 Å². The number of hydrogen-bond donors (Lipinski definition) is 2. The third-order valence-electron chi connectivity index (χ3n) is 4.49. The Kier molecular flexibility index (Phi) is 7.49. The van der Waals surface area contributed by atoms with Gasteiger partial charge in [-0.15, -0.1) is 0 Å². The summed E-state index contributed by atoms with van der Waals surface area (Å²) in [5, 5.41) is 10.1. The summed E-state index contributed by atoms with van der Waals surface area (Å²) < 4.78 is 15.5. The molecule has 6 nitrogen and oxygen atoms in total. The van der Waals surface area contributed by atoms with Gasteiger partial charge in [0.05, 0.1) is 46.4 Å². The highest BCUT2D eigenvalue weighted by molar-refractivity contribution is 5.72. The van der Waals surface area contributed by atoms with E-state index in [-0.39, 0.29) is 11.9 Å². The molecule has 0 bridgehead atoms. The second-order valence-electron chi connectivity index (χ2n) is 6.27. The minimum Gasteiger partial charge on any atom is -0.497 e. The lowest BCUT2D eigenvalue weighted by atomic mass is 9.97. The van der Waals surface area contributed by atoms with Crippen LogP contribution >= 0.6 is 0 Å². The summed E-state index contributed by atoms with van der Waals surface area (Å²) in [6, 6.07) is 7.69. The van der Waals surface area contributed by atoms with Gasteiger partial charge < -0.3 is 24.2 Å². The lowest BCUT2D eigenvalue weighted by molar-refractivity contribution is -0.908. The highest BCUT2D eigenvalue weighted by atomic mass is 16.5. The Labute approximate surface area is 143 Å². The van der Waals surface area contributed by atoms with Gasteiger partial charge in [0.15, 0.2) is 0 Å². The van der Waals surface area contributed by atoms with E-state index in [2.05, 4.69) is 0 Å². The molecule has 0 aromatic heterocycles. The fraction of sp³-hybridized carbons (Fsp3) is 0.611. The van der Waals surface area contributed by atoms with Gasteiger partial charge in [0.1, 0.15) is 18.4 Å². The van der Waals surface area contributed by atoms with Crippen molar-refractivity contribution in [2.75, 3.05) is 40.5 Å². The maximum atomic E-state index is 11.5. The van der Waals surface area contributed by atoms with Crippen molar-refractivity contribution in [3.8, 4) is 5.75 Å². The molecule has 1 fully saturated rings. The summed E-state index contributed by atoms with van der Waals surface area (Å²) in [5.74, 6) is 0.720. The summed E-state index contributed by atoms with van der Waals surface area (Å²) in [6.07, 6.45) is 1.15. The Hall–Kier alpha value is -1.63. The predicted octanol–water partition coefficient (Wildman–Crippen LogP) is 0.0406. The van der Waals surface area contributed by atoms with E-state index in [1.165, 1.54) is 12.0 Å². The molecule has 0 spiro atoms. The van der Waals surface area contributed by atoms with Crippen LogP contribution in [0.5, 0.6) is 5.75 Å². The first kappa shape index (κ1) is 18.7. The fourth-order valence-corrected chi connectivity index (χ4v) is 3.06. The van der Waals surface area contributed by atoms with Gasteiger partial charge in [0.25, 0.3) is 0 Å². The number of piperidine rings is 1. The van der Waals surface area contributed by atoms with Gasteiger partial charge in [-0.05, 0) is 17.7 Å². The lowest BCUT2D eigenvalue weighted by Crippen LogP contribution is -3.14. The molecule has 1 heterocycles. The first-order valence-electron chi connectivity index (χ1n) is 8.42. The van der Waals surface area contributed by atoms with E-state index in [4.69, 9.17) is 14.2 Å². The average molecular weight is 338 g/mol. The fourth-order valence-electron chi connectivity index (χ4n) is 3.06. The average Bonchev–Trinajstić information content (AvgIpc) is 2.62. The summed E-state index contributed by atoms with van der Waals surface area (Å²) in [7, 11) is 3.07. The first-order valence-corrected chi connectivity index (χ1v) is 8.42. The Morgan fingerprint density at radius 2 is 1.92 bits per heavy atom. The highest BCUT2D eigenvalue weighted by Crippen LogP contribution is 2.12. The molecule has 1 aromatic rings. The highest BCUT2D eigenvalue weighted by Gasteiger charge is 2.29. The van der Waals surface area contributed by atoms with Crippen LogP contribution in [0.3, 0.4) is 0 Å². The third-order valence-corrected chi connectivity index (χ3v) is 4.49. The van der Waals surface area contributed by atoms with Crippen molar-refractivity contribution >= 4 is 5.97 Å². The van der Waals surface area contributed by atoms with Crippen molar-refractivity contribution in [1.82, 2.24) is 0 Å². The summed E-state index contributed by atoms with van der Waals surface area (Å²) >= 11 is 0. The molecule has 1 aromatic carbocycles. The van der Waals surface area contributed by atoms with Gasteiger partial charge in [-0.3, -0.25) is 4.79 Å². The molecular weight excluding hydrogens is 310 g/mol. The number of ether oxygens (including phenoxy) is 3. The van der Waals surface area contributed by atoms with E-state index in [1.807, 2.05) is 24.3 Å². The Balaban J connectivity index is 1.63. The molecule has 0 aliphatic carbocycles. The molecular formula is C18H28NO5+. The van der Waals surface area contributed by atoms with Gasteiger partial charge in [-0.2, -0.15) is 0 Å². The van der Waals surface area contributed by atoms with E-state index in [1.54, 1.807) is 7.11 Å². The second kappa shape index (κ2) is 9.61. The van der Waals surface area contributed by atoms with Gasteiger partial charge in [0, 0.05) is 12.8 Å². The van der Waals surface area contributed by atoms with Crippen LogP contribution in [0, 0.1) is 5.92 Å². The normalized spacial score (nSPS) is 22.0. The number of carbonyl (C=O) groups excluding carboxylic acids is 1. The van der Waals surface area contributed by atoms with Gasteiger partial charge >= 0.3 is 5.97 Å². The third kappa shape index (κ3) is 5.78. The van der Waals surface area contributed by atoms with Crippen molar-refractivity contribution in [2.45, 2.75) is 25.6 Å². The number of likely N-dealkylation sites (tertiary alicyclic amines) is 1. The van der Waals surface area contributed by atoms with Crippen LogP contribution in [0.4, 0.5) is 0 Å². The SMILES string of the molecule is COC(=O)C1CC[NH+](C[C@H](O)COCc2ccc(OC)cc2)CC1. The quantitative estimate of drug-likeness (QED) is 0.655. The Morgan fingerprint density at radius 3 is 2.50 bits per heavy atom. The van der Waals surface area contributed by atoms with Crippen molar-refractivity contribution in [1.29, 1.82) is 0 Å². The zero-order chi connectivity index (χ0) is 17.4. The van der Waals surface area contributed by atoms with E-state index in [0.29, 0.717) is 19.8 Å². The largest absolute Gasteiger partial charge is 0.497 e. The number of hydrogen-bond acceptors (Lipinski definition) is 5. The van der Waals surface area contributed by atoms with Crippen molar-refractivity contribution in [2.24, 2.45) is 5.92 Å². The summed E-state index contributed by atoms with van der Waals surface area (Å²) in [6.45, 7) is 3.21. The molecule has 2 N–H and O–H groups in total. The number of quaternary nitrogens is 1. The maximum Gasteiger partial charge on any atom is 0.309 e. The number of methoxy groups -OCH3 is 2. The van der Waals surface area contributed by atoms with E-state index in [0.717, 1.165) is 37.2 Å². The first-order chi connectivity index (χ1) is 11.6. The van der Waals surface area contributed by atoms with Crippen LogP contribution in [0.15, 0.2) is 24.3 Å². The van der Waals surface area contributed by atoms with Crippen LogP contribution in [-0.2, 0) is 20.9 Å². The lowest BCUT2D eigenvalue weighted by Gasteiger charge is -2.29. The van der Waals surface area contributed by atoms with Crippen molar-refractivity contribution in [3.05, 3.63) is 29.8 Å². The molecule has 0 saturated carbocycles. The van der Waals surface area contributed by atoms with Gasteiger partial charge in [-0.25, -0.2) is 0 Å². The second-order valence-corrected chi connectivity index (χ2v) is 6.27. The zero-order valence-electron chi connectivity index (χ0n) is 14.5. The number of benzene rings is 1. The molecule has 2 rings (SSSR count). The number of aliphatic hydroxyl groups excluding tert-OH is 1. The Bertz CT molecular complexity index is 497. The van der Waals surface area contributed by atoms with Crippen LogP contribution < -0.4 is 9.64 Å². The molecule has 0 unspecified atom stereocenters. The number of aliphatic hydroxyl groups is 1. The topological polar surface area (TPSA) is 69.4 Å². The number of nitrogens with one attached hydrogen (secondary N) is 1. The molecule has 24 heavy (non-hydrogen) atoms. The monoisotopic (exact) mass is 338 g/mol. The van der Waals surface area contributed by atoms with Crippen molar-refractivity contribution in [3.63, 3.8) is 0 Å². The van der Waals surface area contributed by atoms with Crippen LogP contribution in [0.2, 0.25) is 0 Å². The summed E-state index contributed by atoms with van der Waals surface area (Å²) in [5.41, 5.74) is 1.05. The van der Waals surface area contributed by atoms with Crippen LogP contribution in [-0.4, -0.2) is 57.6 Å². The number of esters is 1. The molecule has 0 amide bonds. The van der Waals surface area contributed by atoms with E-state index < -0.39 is 6.10 Å². The molecule has 134 valence electrons. The molecule has 1 saturated heterocycles. The molecule has 1 aliphatic rings. The van der Waals surface area contributed by atoms with Crippen LogP contribution in [0.1, 0.15) is 18.4 Å². The number of rotatable bonds is 8. The molecule has 0 radical (unpaired) electrons. The van der Waals surface area contributed by atoms with Gasteiger partial charge in [-0.1, -0.05) is 12.1 Å². The van der Waals surface area contributed by atoms with Crippen LogP contribution in [0.25, 0.3) is 0 Å². The van der Waals surface area contributed by atoms with E-state index in [9.17, 15) is 9.90 Å². The maximum absolute atomic E-state index is 11.5. The van der Waals surface area contributed by atoms with Crippen molar-refractivity contribution < 1.29 is 29.0 Å². The number of carbonyl (C=O) groups is 1. The molecule has 6 heteroatoms. The predicted molar refractivity (Wildman–Crippen MR) is 89.0 cm³/mol. The standard InChI is InChI=1S/C18H27NO5/c1-22-17-5-3-14(4-6-17)12-24-13-16(20)11-19-9-7-15(8-10-19)18(21)23-2/h3-6,15-16,20H,7-13H2,1-2H3/p+1/t16-/m0/s1. The Morgan fingerprint density at radius 1 is 1.25 bits per heavy atom. The molecule has 1 aliphatic heterocycles. The molecule has 1 atom stereocenters. The smallest absolute Gasteiger partial charge is 0.309 e. The van der Waals surface area contributed by atoms with Gasteiger partial charge in [0.2, 0.25) is 0 Å². The summed E-state index contributed by atoms with van der Waals surface area (Å²) in [4.78, 5) is 12.8. The zero-order valence-corrected chi connectivity index (χ0v) is 14.5.